The molecule has 0 unspecified atom stereocenters. The summed E-state index contributed by atoms with van der Waals surface area (Å²) in [5.41, 5.74) is 1.07. The molecule has 0 spiro atoms. The number of nitrogens with one attached hydrogen (secondary N) is 1. The Hall–Kier alpha value is -1.51. The Labute approximate surface area is 115 Å². The first-order chi connectivity index (χ1) is 9.40. The molecular weight excluding hydrogens is 266 g/mol. The van der Waals surface area contributed by atoms with Crippen molar-refractivity contribution in [1.29, 1.82) is 0 Å². The van der Waals surface area contributed by atoms with Crippen molar-refractivity contribution in [2.75, 3.05) is 5.32 Å². The van der Waals surface area contributed by atoms with Gasteiger partial charge in [0, 0.05) is 11.3 Å². The molecule has 0 amide bonds. The van der Waals surface area contributed by atoms with Crippen LogP contribution in [0.2, 0.25) is 0 Å². The van der Waals surface area contributed by atoms with Crippen molar-refractivity contribution >= 4 is 11.5 Å². The van der Waals surface area contributed by atoms with Crippen molar-refractivity contribution in [2.45, 2.75) is 37.8 Å². The van der Waals surface area contributed by atoms with Crippen LogP contribution in [0, 0.1) is 0 Å². The van der Waals surface area contributed by atoms with E-state index in [2.05, 4.69) is 5.32 Å². The van der Waals surface area contributed by atoms with Crippen molar-refractivity contribution in [3.63, 3.8) is 0 Å². The second-order valence-corrected chi connectivity index (χ2v) is 4.70. The molecule has 2 rings (SSSR count). The van der Waals surface area contributed by atoms with E-state index in [1.807, 2.05) is 0 Å². The Morgan fingerprint density at radius 1 is 1.05 bits per heavy atom. The molecule has 5 N–H and O–H groups in total. The minimum Gasteiger partial charge on any atom is -0.387 e. The number of hydrogen-bond donors (Lipinski definition) is 5. The zero-order valence-corrected chi connectivity index (χ0v) is 10.8. The third-order valence-electron chi connectivity index (χ3n) is 3.19. The Bertz CT molecular complexity index is 476. The molecular formula is C13H17NO6. The molecule has 1 aliphatic heterocycles. The molecule has 0 radical (unpaired) electrons. The maximum Gasteiger partial charge on any atom is 0.186 e. The third-order valence-corrected chi connectivity index (χ3v) is 3.19. The molecule has 0 saturated carbocycles. The highest BCUT2D eigenvalue weighted by Crippen LogP contribution is 2.22. The zero-order valence-electron chi connectivity index (χ0n) is 10.8. The Morgan fingerprint density at radius 2 is 1.65 bits per heavy atom. The lowest BCUT2D eigenvalue weighted by molar-refractivity contribution is -0.275. The van der Waals surface area contributed by atoms with Gasteiger partial charge in [-0.1, -0.05) is 0 Å². The number of ether oxygens (including phenoxy) is 1. The van der Waals surface area contributed by atoms with Crippen LogP contribution >= 0.6 is 0 Å². The number of rotatable bonds is 3. The fourth-order valence-corrected chi connectivity index (χ4v) is 1.95. The molecule has 1 heterocycles. The van der Waals surface area contributed by atoms with Crippen molar-refractivity contribution in [3.8, 4) is 0 Å². The fourth-order valence-electron chi connectivity index (χ4n) is 1.95. The monoisotopic (exact) mass is 283 g/mol. The molecule has 1 aromatic rings. The number of aliphatic hydroxyl groups excluding tert-OH is 4. The lowest BCUT2D eigenvalue weighted by Gasteiger charge is -2.38. The van der Waals surface area contributed by atoms with Crippen LogP contribution in [0.15, 0.2) is 24.3 Å². The van der Waals surface area contributed by atoms with E-state index in [1.165, 1.54) is 6.92 Å². The van der Waals surface area contributed by atoms with Crippen LogP contribution in [0.1, 0.15) is 17.3 Å². The number of carbonyl (C=O) groups excluding carboxylic acids is 1. The van der Waals surface area contributed by atoms with Crippen LogP contribution in [0.25, 0.3) is 0 Å². The maximum absolute atomic E-state index is 11.1. The number of anilines is 1. The smallest absolute Gasteiger partial charge is 0.186 e. The van der Waals surface area contributed by atoms with Crippen LogP contribution < -0.4 is 5.32 Å². The van der Waals surface area contributed by atoms with Gasteiger partial charge in [0.1, 0.15) is 18.3 Å². The number of benzene rings is 1. The second-order valence-electron chi connectivity index (χ2n) is 4.70. The van der Waals surface area contributed by atoms with Crippen molar-refractivity contribution in [3.05, 3.63) is 29.8 Å². The Kier molecular flexibility index (Phi) is 4.36. The predicted octanol–water partition coefficient (Wildman–Crippen LogP) is -0.942. The summed E-state index contributed by atoms with van der Waals surface area (Å²) in [6.07, 6.45) is -7.16. The number of Topliss-reactive ketones (excluding diaryl/α,β-unsaturated/α-hetero) is 1. The summed E-state index contributed by atoms with van der Waals surface area (Å²) in [5, 5.41) is 40.8. The van der Waals surface area contributed by atoms with Gasteiger partial charge in [-0.05, 0) is 31.2 Å². The van der Waals surface area contributed by atoms with E-state index in [9.17, 15) is 25.2 Å². The van der Waals surface area contributed by atoms with Gasteiger partial charge < -0.3 is 30.5 Å². The summed E-state index contributed by atoms with van der Waals surface area (Å²) < 4.78 is 4.98. The number of aliphatic hydroxyl groups is 4. The SMILES string of the molecule is CC(=O)c1ccc(N[C@@H]2O[C@@H](O)[C@@H](O)[C@@H](O)[C@@H]2O)cc1. The van der Waals surface area contributed by atoms with Gasteiger partial charge in [-0.25, -0.2) is 0 Å². The molecule has 20 heavy (non-hydrogen) atoms. The molecule has 0 aromatic heterocycles. The van der Waals surface area contributed by atoms with Gasteiger partial charge in [0.2, 0.25) is 0 Å². The first-order valence-electron chi connectivity index (χ1n) is 6.15. The molecule has 1 fully saturated rings. The van der Waals surface area contributed by atoms with E-state index < -0.39 is 30.8 Å². The van der Waals surface area contributed by atoms with Crippen molar-refractivity contribution < 1.29 is 30.0 Å². The lowest BCUT2D eigenvalue weighted by Crippen LogP contribution is -2.59. The van der Waals surface area contributed by atoms with Crippen LogP contribution in [0.3, 0.4) is 0 Å². The second kappa shape index (κ2) is 5.86. The Morgan fingerprint density at radius 3 is 2.20 bits per heavy atom. The topological polar surface area (TPSA) is 119 Å². The van der Waals surface area contributed by atoms with E-state index in [-0.39, 0.29) is 5.78 Å². The van der Waals surface area contributed by atoms with Gasteiger partial charge in [-0.15, -0.1) is 0 Å². The molecule has 1 aliphatic rings. The summed E-state index contributed by atoms with van der Waals surface area (Å²) in [6, 6.07) is 6.41. The highest BCUT2D eigenvalue weighted by atomic mass is 16.6. The minimum atomic E-state index is -1.60. The van der Waals surface area contributed by atoms with Gasteiger partial charge in [-0.3, -0.25) is 4.79 Å². The quantitative estimate of drug-likeness (QED) is 0.454. The fraction of sp³-hybridized carbons (Fsp3) is 0.462. The molecule has 110 valence electrons. The molecule has 5 atom stereocenters. The van der Waals surface area contributed by atoms with Gasteiger partial charge in [0.25, 0.3) is 0 Å². The minimum absolute atomic E-state index is 0.0699. The van der Waals surface area contributed by atoms with Gasteiger partial charge >= 0.3 is 0 Å². The van der Waals surface area contributed by atoms with E-state index in [4.69, 9.17) is 4.74 Å². The van der Waals surface area contributed by atoms with Crippen LogP contribution in [0.4, 0.5) is 5.69 Å². The average Bonchev–Trinajstić information content (AvgIpc) is 2.43. The molecule has 1 aromatic carbocycles. The lowest BCUT2D eigenvalue weighted by atomic mass is 10.0. The molecule has 0 aliphatic carbocycles. The summed E-state index contributed by atoms with van der Waals surface area (Å²) in [4.78, 5) is 11.1. The van der Waals surface area contributed by atoms with Crippen molar-refractivity contribution in [2.24, 2.45) is 0 Å². The Balaban J connectivity index is 2.07. The summed E-state index contributed by atoms with van der Waals surface area (Å²) in [7, 11) is 0. The van der Waals surface area contributed by atoms with E-state index in [1.54, 1.807) is 24.3 Å². The highest BCUT2D eigenvalue weighted by Gasteiger charge is 2.42. The third kappa shape index (κ3) is 2.97. The van der Waals surface area contributed by atoms with E-state index >= 15 is 0 Å². The van der Waals surface area contributed by atoms with E-state index in [0.29, 0.717) is 11.3 Å². The standard InChI is InChI=1S/C13H17NO6/c1-6(15)7-2-4-8(5-3-7)14-12-10(17)9(16)11(18)13(19)20-12/h2-5,9-14,16-19H,1H3/t9-,10-,11-,12+,13+/m0/s1. The zero-order chi connectivity index (χ0) is 14.9. The average molecular weight is 283 g/mol. The number of hydrogen-bond acceptors (Lipinski definition) is 7. The largest absolute Gasteiger partial charge is 0.387 e. The van der Waals surface area contributed by atoms with Gasteiger partial charge in [-0.2, -0.15) is 0 Å². The molecule has 0 bridgehead atoms. The summed E-state index contributed by atoms with van der Waals surface area (Å²) in [6.45, 7) is 1.45. The molecule has 7 heteroatoms. The predicted molar refractivity (Wildman–Crippen MR) is 69.0 cm³/mol. The summed E-state index contributed by atoms with van der Waals surface area (Å²) >= 11 is 0. The highest BCUT2D eigenvalue weighted by molar-refractivity contribution is 5.94. The van der Waals surface area contributed by atoms with E-state index in [0.717, 1.165) is 0 Å². The number of ketones is 1. The molecule has 7 nitrogen and oxygen atoms in total. The maximum atomic E-state index is 11.1. The van der Waals surface area contributed by atoms with Crippen molar-refractivity contribution in [1.82, 2.24) is 0 Å². The van der Waals surface area contributed by atoms with Gasteiger partial charge in [0.15, 0.2) is 18.3 Å². The first-order valence-corrected chi connectivity index (χ1v) is 6.15. The normalized spacial score (nSPS) is 33.8. The number of carbonyl (C=O) groups is 1. The van der Waals surface area contributed by atoms with Crippen LogP contribution in [0.5, 0.6) is 0 Å². The summed E-state index contributed by atoms with van der Waals surface area (Å²) in [5.74, 6) is -0.0699. The van der Waals surface area contributed by atoms with Gasteiger partial charge in [0.05, 0.1) is 0 Å². The van der Waals surface area contributed by atoms with Crippen LogP contribution in [-0.4, -0.2) is 57.0 Å². The molecule has 1 saturated heterocycles. The van der Waals surface area contributed by atoms with Crippen LogP contribution in [-0.2, 0) is 4.74 Å². The first kappa shape index (κ1) is 14.9.